The van der Waals surface area contributed by atoms with Gasteiger partial charge in [0.05, 0.1) is 23.6 Å². The van der Waals surface area contributed by atoms with Crippen LogP contribution in [0.15, 0.2) is 47.4 Å². The lowest BCUT2D eigenvalue weighted by Crippen LogP contribution is -2.51. The molecular weight excluding hydrogens is 528 g/mol. The van der Waals surface area contributed by atoms with E-state index in [0.717, 1.165) is 12.1 Å². The molecule has 12 heteroatoms. The predicted molar refractivity (Wildman–Crippen MR) is 134 cm³/mol. The highest BCUT2D eigenvalue weighted by Crippen LogP contribution is 2.40. The van der Waals surface area contributed by atoms with Crippen molar-refractivity contribution in [3.8, 4) is 0 Å². The Morgan fingerprint density at radius 3 is 2.41 bits per heavy atom. The number of piperidine rings is 1. The molecule has 0 radical (unpaired) electrons. The summed E-state index contributed by atoms with van der Waals surface area (Å²) >= 11 is 5.95. The van der Waals surface area contributed by atoms with E-state index in [0.29, 0.717) is 57.0 Å². The molecule has 0 unspecified atom stereocenters. The van der Waals surface area contributed by atoms with Crippen molar-refractivity contribution in [1.82, 2.24) is 14.1 Å². The van der Waals surface area contributed by atoms with Crippen LogP contribution in [-0.4, -0.2) is 85.7 Å². The molecule has 1 amide bonds. The average Bonchev–Trinajstić information content (AvgIpc) is 2.88. The molecule has 37 heavy (non-hydrogen) atoms. The Bertz CT molecular complexity index is 1190. The van der Waals surface area contributed by atoms with Gasteiger partial charge in [0, 0.05) is 49.4 Å². The van der Waals surface area contributed by atoms with Gasteiger partial charge < -0.3 is 14.7 Å². The molecule has 202 valence electrons. The van der Waals surface area contributed by atoms with Crippen molar-refractivity contribution in [1.29, 1.82) is 0 Å². The molecule has 8 nitrogen and oxygen atoms in total. The average molecular weight is 558 g/mol. The van der Waals surface area contributed by atoms with Crippen molar-refractivity contribution >= 4 is 27.7 Å². The van der Waals surface area contributed by atoms with Crippen LogP contribution in [0.4, 0.5) is 13.6 Å². The number of β-amino-alcohol motifs (C(OH)–C–C–N with tert-alkyl or cyclic N) is 1. The zero-order valence-electron chi connectivity index (χ0n) is 20.2. The maximum atomic E-state index is 14.8. The predicted octanol–water partition coefficient (Wildman–Crippen LogP) is 3.65. The molecule has 0 spiro atoms. The third-order valence-corrected chi connectivity index (χ3v) is 9.07. The first kappa shape index (κ1) is 27.7. The van der Waals surface area contributed by atoms with Gasteiger partial charge in [-0.15, -0.1) is 0 Å². The number of carbonyl (C=O) groups excluding carboxylic acids is 1. The summed E-state index contributed by atoms with van der Waals surface area (Å²) in [5.41, 5.74) is 0.0648. The van der Waals surface area contributed by atoms with E-state index in [-0.39, 0.29) is 23.7 Å². The molecule has 2 aliphatic rings. The molecule has 4 rings (SSSR count). The molecular formula is C25H30ClF2N3O5S. The summed E-state index contributed by atoms with van der Waals surface area (Å²) in [6.07, 6.45) is 0.745. The van der Waals surface area contributed by atoms with E-state index in [4.69, 9.17) is 21.4 Å². The number of rotatable bonds is 7. The minimum absolute atomic E-state index is 0.0253. The summed E-state index contributed by atoms with van der Waals surface area (Å²) in [6.45, 7) is 2.43. The normalized spacial score (nSPS) is 21.7. The molecule has 2 atom stereocenters. The number of carbonyl (C=O) groups is 1. The maximum Gasteiger partial charge on any atom is 0.409 e. The minimum atomic E-state index is -4.16. The fraction of sp³-hybridized carbons (Fsp3) is 0.480. The second-order valence-corrected chi connectivity index (χ2v) is 11.5. The van der Waals surface area contributed by atoms with Crippen LogP contribution in [-0.2, 0) is 14.8 Å². The number of hydrogen-bond donors (Lipinski definition) is 1. The molecule has 0 bridgehead atoms. The molecule has 2 aliphatic heterocycles. The number of halogens is 3. The number of aliphatic hydroxyl groups excluding tert-OH is 1. The molecule has 2 saturated heterocycles. The Morgan fingerprint density at radius 2 is 1.76 bits per heavy atom. The van der Waals surface area contributed by atoms with Gasteiger partial charge in [0.15, 0.2) is 0 Å². The second kappa shape index (κ2) is 12.0. The Labute approximate surface area is 220 Å². The Balaban J connectivity index is 1.57. The lowest BCUT2D eigenvalue weighted by Gasteiger charge is -2.41. The van der Waals surface area contributed by atoms with Gasteiger partial charge in [0.25, 0.3) is 0 Å². The first-order valence-electron chi connectivity index (χ1n) is 12.2. The number of aliphatic hydroxyl groups is 1. The van der Waals surface area contributed by atoms with E-state index in [9.17, 15) is 22.0 Å². The summed E-state index contributed by atoms with van der Waals surface area (Å²) < 4.78 is 62.9. The number of hydrogen-bond acceptors (Lipinski definition) is 6. The number of benzene rings is 2. The van der Waals surface area contributed by atoms with E-state index in [2.05, 4.69) is 0 Å². The summed E-state index contributed by atoms with van der Waals surface area (Å²) in [6, 6.07) is 7.12. The monoisotopic (exact) mass is 557 g/mol. The quantitative estimate of drug-likeness (QED) is 0.559. The standard InChI is InChI=1S/C25H30ClF2N3O5S/c26-18-4-7-21(8-5-18)37(34,35)31-20(2-1-3-24(31)22-9-6-19(27)16-23(22)28)17-36-25(33)30-12-10-29(11-13-30)14-15-32/h4-9,16,20,24,32H,1-3,10-15,17H2/t20-,24+/m1/s1. The van der Waals surface area contributed by atoms with Crippen LogP contribution in [0, 0.1) is 11.6 Å². The number of ether oxygens (including phenoxy) is 1. The smallest absolute Gasteiger partial charge is 0.409 e. The van der Waals surface area contributed by atoms with Gasteiger partial charge in [-0.3, -0.25) is 4.90 Å². The van der Waals surface area contributed by atoms with Gasteiger partial charge in [0.1, 0.15) is 18.2 Å². The highest BCUT2D eigenvalue weighted by molar-refractivity contribution is 7.89. The van der Waals surface area contributed by atoms with Crippen molar-refractivity contribution in [2.24, 2.45) is 0 Å². The van der Waals surface area contributed by atoms with E-state index < -0.39 is 39.8 Å². The van der Waals surface area contributed by atoms with Crippen LogP contribution in [0.2, 0.25) is 5.02 Å². The van der Waals surface area contributed by atoms with E-state index >= 15 is 0 Å². The first-order chi connectivity index (χ1) is 17.7. The number of nitrogens with zero attached hydrogens (tertiary/aromatic N) is 3. The van der Waals surface area contributed by atoms with Crippen LogP contribution < -0.4 is 0 Å². The number of sulfonamides is 1. The first-order valence-corrected chi connectivity index (χ1v) is 14.0. The van der Waals surface area contributed by atoms with Crippen LogP contribution >= 0.6 is 11.6 Å². The summed E-state index contributed by atoms with van der Waals surface area (Å²) in [5.74, 6) is -1.59. The highest BCUT2D eigenvalue weighted by Gasteiger charge is 2.42. The van der Waals surface area contributed by atoms with Crippen LogP contribution in [0.3, 0.4) is 0 Å². The molecule has 2 heterocycles. The van der Waals surface area contributed by atoms with Crippen LogP contribution in [0.5, 0.6) is 0 Å². The maximum absolute atomic E-state index is 14.8. The van der Waals surface area contributed by atoms with Crippen LogP contribution in [0.1, 0.15) is 30.9 Å². The molecule has 2 aromatic rings. The van der Waals surface area contributed by atoms with E-state index in [1.807, 2.05) is 4.90 Å². The lowest BCUT2D eigenvalue weighted by atomic mass is 9.93. The lowest BCUT2D eigenvalue weighted by molar-refractivity contribution is 0.0463. The second-order valence-electron chi connectivity index (χ2n) is 9.18. The van der Waals surface area contributed by atoms with Crippen molar-refractivity contribution in [3.05, 3.63) is 64.7 Å². The zero-order chi connectivity index (χ0) is 26.6. The number of amides is 1. The molecule has 1 N–H and O–H groups in total. The number of piperazine rings is 1. The van der Waals surface area contributed by atoms with Gasteiger partial charge in [-0.25, -0.2) is 22.0 Å². The topological polar surface area (TPSA) is 90.4 Å². The summed E-state index contributed by atoms with van der Waals surface area (Å²) in [7, 11) is -4.16. The van der Waals surface area contributed by atoms with E-state index in [1.54, 1.807) is 4.90 Å². The Kier molecular flexibility index (Phi) is 9.02. The Morgan fingerprint density at radius 1 is 1.05 bits per heavy atom. The molecule has 0 aromatic heterocycles. The largest absolute Gasteiger partial charge is 0.448 e. The van der Waals surface area contributed by atoms with Gasteiger partial charge in [-0.2, -0.15) is 4.31 Å². The van der Waals surface area contributed by atoms with Crippen LogP contribution in [0.25, 0.3) is 0 Å². The Hall–Kier alpha value is -2.31. The van der Waals surface area contributed by atoms with Crippen molar-refractivity contribution in [2.45, 2.75) is 36.2 Å². The zero-order valence-corrected chi connectivity index (χ0v) is 21.8. The SMILES string of the molecule is O=C(OC[C@H]1CCC[C@@H](c2ccc(F)cc2F)N1S(=O)(=O)c1ccc(Cl)cc1)N1CCN(CCO)CC1. The van der Waals surface area contributed by atoms with Gasteiger partial charge >= 0.3 is 6.09 Å². The van der Waals surface area contributed by atoms with Crippen molar-refractivity contribution < 1.29 is 31.8 Å². The molecule has 0 aliphatic carbocycles. The summed E-state index contributed by atoms with van der Waals surface area (Å²) in [5, 5.41) is 9.46. The molecule has 2 aromatic carbocycles. The van der Waals surface area contributed by atoms with E-state index in [1.165, 1.54) is 34.6 Å². The van der Waals surface area contributed by atoms with Gasteiger partial charge in [-0.1, -0.05) is 17.7 Å². The van der Waals surface area contributed by atoms with Gasteiger partial charge in [0.2, 0.25) is 10.0 Å². The molecule has 0 saturated carbocycles. The van der Waals surface area contributed by atoms with Crippen molar-refractivity contribution in [3.63, 3.8) is 0 Å². The fourth-order valence-electron chi connectivity index (χ4n) is 4.92. The fourth-order valence-corrected chi connectivity index (χ4v) is 6.89. The van der Waals surface area contributed by atoms with Crippen molar-refractivity contribution in [2.75, 3.05) is 45.9 Å². The third kappa shape index (κ3) is 6.40. The molecule has 2 fully saturated rings. The third-order valence-electron chi connectivity index (χ3n) is 6.84. The summed E-state index contributed by atoms with van der Waals surface area (Å²) in [4.78, 5) is 16.3. The highest BCUT2D eigenvalue weighted by atomic mass is 35.5. The minimum Gasteiger partial charge on any atom is -0.448 e. The van der Waals surface area contributed by atoms with Gasteiger partial charge in [-0.05, 0) is 49.6 Å².